The summed E-state index contributed by atoms with van der Waals surface area (Å²) in [4.78, 5) is 9.58. The van der Waals surface area contributed by atoms with Gasteiger partial charge in [-0.2, -0.15) is 13.2 Å². The summed E-state index contributed by atoms with van der Waals surface area (Å²) in [7, 11) is 0. The van der Waals surface area contributed by atoms with Crippen LogP contribution < -0.4 is 10.1 Å². The molecule has 0 aromatic heterocycles. The molecule has 1 saturated heterocycles. The van der Waals surface area contributed by atoms with Gasteiger partial charge in [0, 0.05) is 6.07 Å². The lowest BCUT2D eigenvalue weighted by Gasteiger charge is -2.24. The van der Waals surface area contributed by atoms with E-state index in [9.17, 15) is 23.3 Å². The monoisotopic (exact) mass is 326 g/mol. The Morgan fingerprint density at radius 1 is 1.29 bits per heavy atom. The summed E-state index contributed by atoms with van der Waals surface area (Å²) >= 11 is 0. The van der Waals surface area contributed by atoms with Gasteiger partial charge in [0.2, 0.25) is 0 Å². The SMILES string of the molecule is Cl.O=[N+]([O-])c1ccc(OC2CCNCC2)cc1C(F)(F)F. The van der Waals surface area contributed by atoms with Crippen LogP contribution in [0.15, 0.2) is 18.2 Å². The van der Waals surface area contributed by atoms with Gasteiger partial charge in [0.1, 0.15) is 17.4 Å². The Morgan fingerprint density at radius 3 is 2.43 bits per heavy atom. The average molecular weight is 327 g/mol. The third-order valence-electron chi connectivity index (χ3n) is 3.06. The largest absolute Gasteiger partial charge is 0.490 e. The smallest absolute Gasteiger partial charge is 0.423 e. The van der Waals surface area contributed by atoms with Gasteiger partial charge in [-0.15, -0.1) is 12.4 Å². The van der Waals surface area contributed by atoms with Gasteiger partial charge >= 0.3 is 6.18 Å². The van der Waals surface area contributed by atoms with Crippen LogP contribution >= 0.6 is 12.4 Å². The highest BCUT2D eigenvalue weighted by Gasteiger charge is 2.38. The van der Waals surface area contributed by atoms with Crippen LogP contribution in [0.4, 0.5) is 18.9 Å². The number of piperidine rings is 1. The number of halogens is 4. The van der Waals surface area contributed by atoms with E-state index >= 15 is 0 Å². The minimum atomic E-state index is -4.78. The van der Waals surface area contributed by atoms with Crippen molar-refractivity contribution in [1.82, 2.24) is 5.32 Å². The highest BCUT2D eigenvalue weighted by Crippen LogP contribution is 2.38. The molecule has 0 spiro atoms. The summed E-state index contributed by atoms with van der Waals surface area (Å²) in [5.74, 6) is 0.00910. The Labute approximate surface area is 125 Å². The van der Waals surface area contributed by atoms with Crippen LogP contribution in [-0.4, -0.2) is 24.1 Å². The molecule has 0 amide bonds. The molecule has 9 heteroatoms. The van der Waals surface area contributed by atoms with E-state index in [1.807, 2.05) is 0 Å². The standard InChI is InChI=1S/C12H13F3N2O3.ClH/c13-12(14,15)10-7-9(1-2-11(10)17(18)19)20-8-3-5-16-6-4-8;/h1-2,7-8,16H,3-6H2;1H. The molecular formula is C12H14ClF3N2O3. The molecule has 0 atom stereocenters. The molecule has 1 heterocycles. The number of nitro benzene ring substituents is 1. The molecular weight excluding hydrogens is 313 g/mol. The predicted octanol–water partition coefficient (Wildman–Crippen LogP) is 3.17. The fraction of sp³-hybridized carbons (Fsp3) is 0.500. The maximum atomic E-state index is 12.8. The minimum absolute atomic E-state index is 0. The van der Waals surface area contributed by atoms with E-state index in [1.165, 1.54) is 6.07 Å². The maximum Gasteiger partial charge on any atom is 0.423 e. The average Bonchev–Trinajstić information content (AvgIpc) is 2.38. The summed E-state index contributed by atoms with van der Waals surface area (Å²) < 4.78 is 43.9. The van der Waals surface area contributed by atoms with Crippen LogP contribution in [0.25, 0.3) is 0 Å². The van der Waals surface area contributed by atoms with Crippen molar-refractivity contribution in [2.45, 2.75) is 25.1 Å². The molecule has 118 valence electrons. The molecule has 1 aromatic carbocycles. The molecule has 0 aliphatic carbocycles. The first-order chi connectivity index (χ1) is 9.38. The maximum absolute atomic E-state index is 12.8. The normalized spacial score (nSPS) is 16.1. The molecule has 1 fully saturated rings. The molecule has 0 saturated carbocycles. The quantitative estimate of drug-likeness (QED) is 0.684. The van der Waals surface area contributed by atoms with E-state index in [-0.39, 0.29) is 24.3 Å². The number of benzene rings is 1. The zero-order valence-corrected chi connectivity index (χ0v) is 11.7. The summed E-state index contributed by atoms with van der Waals surface area (Å²) in [6.45, 7) is 1.48. The highest BCUT2D eigenvalue weighted by atomic mass is 35.5. The fourth-order valence-corrected chi connectivity index (χ4v) is 2.08. The molecule has 2 rings (SSSR count). The van der Waals surface area contributed by atoms with Gasteiger partial charge in [-0.05, 0) is 38.1 Å². The van der Waals surface area contributed by atoms with Crippen LogP contribution in [0.1, 0.15) is 18.4 Å². The first-order valence-corrected chi connectivity index (χ1v) is 6.11. The Bertz CT molecular complexity index is 505. The molecule has 0 radical (unpaired) electrons. The number of nitrogens with zero attached hydrogens (tertiary/aromatic N) is 1. The van der Waals surface area contributed by atoms with Crippen molar-refractivity contribution in [3.63, 3.8) is 0 Å². The van der Waals surface area contributed by atoms with Crippen molar-refractivity contribution in [2.75, 3.05) is 13.1 Å². The Balaban J connectivity index is 0.00000220. The minimum Gasteiger partial charge on any atom is -0.490 e. The van der Waals surface area contributed by atoms with E-state index in [2.05, 4.69) is 5.32 Å². The Kier molecular flexibility index (Phi) is 5.79. The molecule has 1 aliphatic heterocycles. The van der Waals surface area contributed by atoms with Crippen molar-refractivity contribution in [3.8, 4) is 5.75 Å². The van der Waals surface area contributed by atoms with Crippen molar-refractivity contribution in [2.24, 2.45) is 0 Å². The van der Waals surface area contributed by atoms with Crippen LogP contribution in [-0.2, 0) is 6.18 Å². The van der Waals surface area contributed by atoms with Crippen molar-refractivity contribution < 1.29 is 22.8 Å². The second kappa shape index (κ2) is 6.95. The van der Waals surface area contributed by atoms with E-state index in [4.69, 9.17) is 4.74 Å². The number of alkyl halides is 3. The second-order valence-corrected chi connectivity index (χ2v) is 4.50. The lowest BCUT2D eigenvalue weighted by molar-refractivity contribution is -0.388. The van der Waals surface area contributed by atoms with Crippen LogP contribution in [0.2, 0.25) is 0 Å². The van der Waals surface area contributed by atoms with E-state index in [0.29, 0.717) is 18.9 Å². The summed E-state index contributed by atoms with van der Waals surface area (Å²) in [5, 5.41) is 13.7. The second-order valence-electron chi connectivity index (χ2n) is 4.50. The number of nitrogens with one attached hydrogen (secondary N) is 1. The number of hydrogen-bond acceptors (Lipinski definition) is 4. The highest BCUT2D eigenvalue weighted by molar-refractivity contribution is 5.85. The van der Waals surface area contributed by atoms with Gasteiger partial charge in [-0.1, -0.05) is 0 Å². The zero-order chi connectivity index (χ0) is 14.8. The van der Waals surface area contributed by atoms with Gasteiger partial charge in [0.25, 0.3) is 5.69 Å². The zero-order valence-electron chi connectivity index (χ0n) is 10.9. The van der Waals surface area contributed by atoms with E-state index < -0.39 is 22.4 Å². The summed E-state index contributed by atoms with van der Waals surface area (Å²) in [6.07, 6.45) is -3.56. The van der Waals surface area contributed by atoms with Gasteiger partial charge in [0.15, 0.2) is 0 Å². The van der Waals surface area contributed by atoms with Crippen LogP contribution in [0, 0.1) is 10.1 Å². The molecule has 0 unspecified atom stereocenters. The topological polar surface area (TPSA) is 64.4 Å². The first kappa shape index (κ1) is 17.5. The summed E-state index contributed by atoms with van der Waals surface area (Å²) in [6, 6.07) is 2.73. The molecule has 5 nitrogen and oxygen atoms in total. The molecule has 0 bridgehead atoms. The molecule has 1 aromatic rings. The molecule has 21 heavy (non-hydrogen) atoms. The van der Waals surface area contributed by atoms with Gasteiger partial charge in [-0.25, -0.2) is 0 Å². The lowest BCUT2D eigenvalue weighted by Crippen LogP contribution is -2.34. The number of ether oxygens (including phenoxy) is 1. The van der Waals surface area contributed by atoms with Crippen molar-refractivity contribution >= 4 is 18.1 Å². The fourth-order valence-electron chi connectivity index (χ4n) is 2.08. The van der Waals surface area contributed by atoms with E-state index in [1.54, 1.807) is 0 Å². The van der Waals surface area contributed by atoms with Crippen molar-refractivity contribution in [1.29, 1.82) is 0 Å². The van der Waals surface area contributed by atoms with Gasteiger partial charge < -0.3 is 10.1 Å². The van der Waals surface area contributed by atoms with Gasteiger partial charge in [0.05, 0.1) is 4.92 Å². The van der Waals surface area contributed by atoms with Crippen LogP contribution in [0.3, 0.4) is 0 Å². The Morgan fingerprint density at radius 2 is 1.90 bits per heavy atom. The van der Waals surface area contributed by atoms with Crippen LogP contribution in [0.5, 0.6) is 5.75 Å². The molecule has 1 N–H and O–H groups in total. The first-order valence-electron chi connectivity index (χ1n) is 6.11. The third-order valence-corrected chi connectivity index (χ3v) is 3.06. The number of hydrogen-bond donors (Lipinski definition) is 1. The number of nitro groups is 1. The Hall–Kier alpha value is -1.54. The van der Waals surface area contributed by atoms with Crippen molar-refractivity contribution in [3.05, 3.63) is 33.9 Å². The van der Waals surface area contributed by atoms with E-state index in [0.717, 1.165) is 19.2 Å². The third kappa shape index (κ3) is 4.47. The van der Waals surface area contributed by atoms with Gasteiger partial charge in [-0.3, -0.25) is 10.1 Å². The number of rotatable bonds is 3. The summed E-state index contributed by atoms with van der Waals surface area (Å²) in [5.41, 5.74) is -2.25. The molecule has 1 aliphatic rings. The lowest BCUT2D eigenvalue weighted by atomic mass is 10.1. The predicted molar refractivity (Wildman–Crippen MR) is 71.9 cm³/mol.